The molecule has 3 N–H and O–H groups in total. The van der Waals surface area contributed by atoms with Crippen molar-refractivity contribution in [1.29, 1.82) is 0 Å². The zero-order chi connectivity index (χ0) is 13.9. The van der Waals surface area contributed by atoms with Crippen LogP contribution in [-0.2, 0) is 6.42 Å². The second-order valence-corrected chi connectivity index (χ2v) is 5.32. The van der Waals surface area contributed by atoms with Crippen molar-refractivity contribution in [1.82, 2.24) is 0 Å². The van der Waals surface area contributed by atoms with Crippen molar-refractivity contribution in [3.63, 3.8) is 0 Å². The van der Waals surface area contributed by atoms with Crippen molar-refractivity contribution >= 4 is 35.6 Å². The highest BCUT2D eigenvalue weighted by Crippen LogP contribution is 2.34. The summed E-state index contributed by atoms with van der Waals surface area (Å²) < 4.78 is 0. The standard InChI is InChI=1S/C17H19N3.HI/c1-12-6-8-15(9-7-12)20-17(18)19-11-14-10-13-4-2-3-5-16(13)14;/h2-9,14H,10-11H2,1H3,(H3,18,19,20);1H. The van der Waals surface area contributed by atoms with Crippen molar-refractivity contribution in [2.45, 2.75) is 19.3 Å². The van der Waals surface area contributed by atoms with E-state index >= 15 is 0 Å². The maximum absolute atomic E-state index is 5.93. The quantitative estimate of drug-likeness (QED) is 0.475. The van der Waals surface area contributed by atoms with Gasteiger partial charge in [0.15, 0.2) is 5.96 Å². The summed E-state index contributed by atoms with van der Waals surface area (Å²) >= 11 is 0. The Kier molecular flexibility index (Phi) is 5.22. The summed E-state index contributed by atoms with van der Waals surface area (Å²) in [6.07, 6.45) is 1.11. The van der Waals surface area contributed by atoms with E-state index in [2.05, 4.69) is 53.6 Å². The summed E-state index contributed by atoms with van der Waals surface area (Å²) in [4.78, 5) is 4.45. The number of aliphatic imine (C=N–C) groups is 1. The third-order valence-electron chi connectivity index (χ3n) is 3.77. The Morgan fingerprint density at radius 3 is 2.62 bits per heavy atom. The molecule has 0 aliphatic heterocycles. The van der Waals surface area contributed by atoms with Crippen LogP contribution in [0.25, 0.3) is 0 Å². The van der Waals surface area contributed by atoms with Crippen LogP contribution in [0.2, 0.25) is 0 Å². The fourth-order valence-electron chi connectivity index (χ4n) is 2.56. The minimum absolute atomic E-state index is 0. The summed E-state index contributed by atoms with van der Waals surface area (Å²) in [6.45, 7) is 2.82. The molecular formula is C17H20IN3. The summed E-state index contributed by atoms with van der Waals surface area (Å²) in [5.74, 6) is 1.00. The van der Waals surface area contributed by atoms with Gasteiger partial charge >= 0.3 is 0 Å². The first kappa shape index (κ1) is 15.8. The van der Waals surface area contributed by atoms with Gasteiger partial charge in [-0.3, -0.25) is 4.99 Å². The van der Waals surface area contributed by atoms with Crippen molar-refractivity contribution in [3.8, 4) is 0 Å². The summed E-state index contributed by atoms with van der Waals surface area (Å²) in [7, 11) is 0. The van der Waals surface area contributed by atoms with E-state index < -0.39 is 0 Å². The molecular weight excluding hydrogens is 373 g/mol. The van der Waals surface area contributed by atoms with Crippen molar-refractivity contribution in [2.24, 2.45) is 10.7 Å². The van der Waals surface area contributed by atoms with Gasteiger partial charge in [0, 0.05) is 18.2 Å². The van der Waals surface area contributed by atoms with E-state index in [0.29, 0.717) is 11.9 Å². The molecule has 2 aromatic rings. The average Bonchev–Trinajstić information content (AvgIpc) is 2.42. The number of nitrogens with zero attached hydrogens (tertiary/aromatic N) is 1. The fourth-order valence-corrected chi connectivity index (χ4v) is 2.56. The first-order valence-electron chi connectivity index (χ1n) is 6.94. The summed E-state index contributed by atoms with van der Waals surface area (Å²) in [6, 6.07) is 16.7. The number of halogens is 1. The van der Waals surface area contributed by atoms with Crippen LogP contribution >= 0.6 is 24.0 Å². The first-order valence-corrected chi connectivity index (χ1v) is 6.94. The van der Waals surface area contributed by atoms with Gasteiger partial charge in [-0.1, -0.05) is 42.0 Å². The van der Waals surface area contributed by atoms with Crippen molar-refractivity contribution < 1.29 is 0 Å². The average molecular weight is 393 g/mol. The molecule has 0 fully saturated rings. The summed E-state index contributed by atoms with van der Waals surface area (Å²) in [5.41, 5.74) is 11.0. The molecule has 0 heterocycles. The molecule has 0 saturated heterocycles. The molecule has 2 aromatic carbocycles. The zero-order valence-corrected chi connectivity index (χ0v) is 14.4. The number of nitrogens with two attached hydrogens (primary N) is 1. The van der Waals surface area contributed by atoms with Crippen LogP contribution in [0.5, 0.6) is 0 Å². The van der Waals surface area contributed by atoms with Crippen LogP contribution in [0.3, 0.4) is 0 Å². The molecule has 3 rings (SSSR count). The highest BCUT2D eigenvalue weighted by molar-refractivity contribution is 14.0. The predicted octanol–water partition coefficient (Wildman–Crippen LogP) is 3.68. The highest BCUT2D eigenvalue weighted by atomic mass is 127. The second-order valence-electron chi connectivity index (χ2n) is 5.32. The Balaban J connectivity index is 0.00000161. The highest BCUT2D eigenvalue weighted by Gasteiger charge is 2.24. The SMILES string of the molecule is Cc1ccc(NC(N)=NCC2Cc3ccccc32)cc1.I. The van der Waals surface area contributed by atoms with Gasteiger partial charge in [-0.25, -0.2) is 0 Å². The lowest BCUT2D eigenvalue weighted by molar-refractivity contribution is 0.619. The van der Waals surface area contributed by atoms with E-state index in [1.54, 1.807) is 0 Å². The molecule has 3 nitrogen and oxygen atoms in total. The van der Waals surface area contributed by atoms with Gasteiger partial charge in [0.05, 0.1) is 0 Å². The van der Waals surface area contributed by atoms with Crippen LogP contribution in [0.4, 0.5) is 5.69 Å². The van der Waals surface area contributed by atoms with Crippen LogP contribution in [0.15, 0.2) is 53.5 Å². The number of aryl methyl sites for hydroxylation is 1. The van der Waals surface area contributed by atoms with Gasteiger partial charge in [0.2, 0.25) is 0 Å². The maximum Gasteiger partial charge on any atom is 0.193 e. The molecule has 0 saturated carbocycles. The number of guanidine groups is 1. The lowest BCUT2D eigenvalue weighted by atomic mass is 9.78. The number of hydrogen-bond acceptors (Lipinski definition) is 1. The third kappa shape index (κ3) is 3.75. The Morgan fingerprint density at radius 2 is 1.90 bits per heavy atom. The monoisotopic (exact) mass is 393 g/mol. The smallest absolute Gasteiger partial charge is 0.193 e. The van der Waals surface area contributed by atoms with Gasteiger partial charge in [-0.05, 0) is 36.6 Å². The topological polar surface area (TPSA) is 50.4 Å². The number of benzene rings is 2. The van der Waals surface area contributed by atoms with Crippen molar-refractivity contribution in [3.05, 3.63) is 65.2 Å². The van der Waals surface area contributed by atoms with Gasteiger partial charge in [-0.2, -0.15) is 0 Å². The molecule has 1 aliphatic rings. The molecule has 0 bridgehead atoms. The Labute approximate surface area is 142 Å². The molecule has 21 heavy (non-hydrogen) atoms. The van der Waals surface area contributed by atoms with E-state index in [1.165, 1.54) is 16.7 Å². The number of nitrogens with one attached hydrogen (secondary N) is 1. The molecule has 0 spiro atoms. The fraction of sp³-hybridized carbons (Fsp3) is 0.235. The molecule has 110 valence electrons. The van der Waals surface area contributed by atoms with Gasteiger partial charge < -0.3 is 11.1 Å². The van der Waals surface area contributed by atoms with E-state index in [0.717, 1.165) is 18.7 Å². The molecule has 1 atom stereocenters. The van der Waals surface area contributed by atoms with Crippen molar-refractivity contribution in [2.75, 3.05) is 11.9 Å². The Hall–Kier alpha value is -1.56. The van der Waals surface area contributed by atoms with Gasteiger partial charge in [0.25, 0.3) is 0 Å². The molecule has 4 heteroatoms. The minimum Gasteiger partial charge on any atom is -0.370 e. The zero-order valence-electron chi connectivity index (χ0n) is 12.0. The lowest BCUT2D eigenvalue weighted by Gasteiger charge is -2.28. The molecule has 1 unspecified atom stereocenters. The maximum atomic E-state index is 5.93. The first-order chi connectivity index (χ1) is 9.72. The normalized spacial score (nSPS) is 16.4. The number of rotatable bonds is 3. The van der Waals surface area contributed by atoms with E-state index in [-0.39, 0.29) is 24.0 Å². The van der Waals surface area contributed by atoms with E-state index in [1.807, 2.05) is 12.1 Å². The van der Waals surface area contributed by atoms with E-state index in [4.69, 9.17) is 5.73 Å². The molecule has 1 aliphatic carbocycles. The van der Waals surface area contributed by atoms with Crippen LogP contribution in [0, 0.1) is 6.92 Å². The Morgan fingerprint density at radius 1 is 1.19 bits per heavy atom. The number of anilines is 1. The second kappa shape index (κ2) is 6.93. The largest absolute Gasteiger partial charge is 0.370 e. The van der Waals surface area contributed by atoms with Crippen LogP contribution in [-0.4, -0.2) is 12.5 Å². The van der Waals surface area contributed by atoms with Gasteiger partial charge in [0.1, 0.15) is 0 Å². The Bertz CT molecular complexity index is 635. The molecule has 0 amide bonds. The van der Waals surface area contributed by atoms with E-state index in [9.17, 15) is 0 Å². The van der Waals surface area contributed by atoms with Crippen LogP contribution < -0.4 is 11.1 Å². The van der Waals surface area contributed by atoms with Gasteiger partial charge in [-0.15, -0.1) is 24.0 Å². The molecule has 0 radical (unpaired) electrons. The minimum atomic E-state index is 0. The summed E-state index contributed by atoms with van der Waals surface area (Å²) in [5, 5.41) is 3.12. The predicted molar refractivity (Wildman–Crippen MR) is 99.6 cm³/mol. The number of hydrogen-bond donors (Lipinski definition) is 2. The molecule has 0 aromatic heterocycles. The number of fused-ring (bicyclic) bond motifs is 1. The third-order valence-corrected chi connectivity index (χ3v) is 3.77. The van der Waals surface area contributed by atoms with Crippen LogP contribution in [0.1, 0.15) is 22.6 Å². The lowest BCUT2D eigenvalue weighted by Crippen LogP contribution is -2.26.